The lowest BCUT2D eigenvalue weighted by atomic mass is 10.3. The van der Waals surface area contributed by atoms with Crippen LogP contribution in [-0.2, 0) is 4.74 Å². The third-order valence-corrected chi connectivity index (χ3v) is 3.96. The summed E-state index contributed by atoms with van der Waals surface area (Å²) in [7, 11) is 2.06. The van der Waals surface area contributed by atoms with Crippen molar-refractivity contribution in [2.45, 2.75) is 33.0 Å². The van der Waals surface area contributed by atoms with Crippen LogP contribution in [0.3, 0.4) is 0 Å². The van der Waals surface area contributed by atoms with Gasteiger partial charge in [0.25, 0.3) is 0 Å². The Balaban J connectivity index is 2.18. The molecule has 0 spiro atoms. The van der Waals surface area contributed by atoms with Gasteiger partial charge >= 0.3 is 0 Å². The van der Waals surface area contributed by atoms with Gasteiger partial charge in [0.15, 0.2) is 16.2 Å². The molecule has 1 saturated heterocycles. The Morgan fingerprint density at radius 1 is 1.42 bits per heavy atom. The summed E-state index contributed by atoms with van der Waals surface area (Å²) >= 11 is 0. The lowest BCUT2D eigenvalue weighted by molar-refractivity contribution is -0.121. The van der Waals surface area contributed by atoms with E-state index >= 15 is 0 Å². The minimum absolute atomic E-state index is 0.103. The summed E-state index contributed by atoms with van der Waals surface area (Å²) in [4.78, 5) is 0. The molecular weight excluding hydrogens is 168 g/mol. The van der Waals surface area contributed by atoms with Crippen molar-refractivity contribution in [2.24, 2.45) is 0 Å². The average Bonchev–Trinajstić information content (AvgIpc) is 2.08. The Hall–Kier alpha value is 0.0969. The molecule has 1 aliphatic heterocycles. The van der Waals surface area contributed by atoms with Crippen LogP contribution in [-0.4, -0.2) is 45.5 Å². The van der Waals surface area contributed by atoms with Crippen LogP contribution in [0.1, 0.15) is 26.7 Å². The van der Waals surface area contributed by atoms with Crippen LogP contribution < -0.4 is 0 Å². The van der Waals surface area contributed by atoms with Crippen LogP contribution in [0.25, 0.3) is 0 Å². The number of nitrogens with zero attached hydrogens (tertiary/aromatic N) is 2. The van der Waals surface area contributed by atoms with E-state index in [1.807, 2.05) is 0 Å². The van der Waals surface area contributed by atoms with Crippen LogP contribution >= 0.6 is 0 Å². The standard InChI is InChI=1S/C8H20N2OSi/c1-4-6-7-10-8(11-5-2)9(3)12-10/h8H,4-7,12H2,1-3H3. The highest BCUT2D eigenvalue weighted by molar-refractivity contribution is 6.31. The van der Waals surface area contributed by atoms with Gasteiger partial charge in [0.05, 0.1) is 0 Å². The van der Waals surface area contributed by atoms with Crippen molar-refractivity contribution in [3.8, 4) is 0 Å². The van der Waals surface area contributed by atoms with Gasteiger partial charge in [0.2, 0.25) is 0 Å². The molecule has 1 rings (SSSR count). The monoisotopic (exact) mass is 188 g/mol. The first-order valence-corrected chi connectivity index (χ1v) is 6.12. The van der Waals surface area contributed by atoms with E-state index in [4.69, 9.17) is 4.74 Å². The van der Waals surface area contributed by atoms with E-state index < -0.39 is 0 Å². The molecule has 1 atom stereocenters. The van der Waals surface area contributed by atoms with Crippen LogP contribution in [0.4, 0.5) is 0 Å². The Morgan fingerprint density at radius 3 is 2.67 bits per heavy atom. The second-order valence-electron chi connectivity index (χ2n) is 3.35. The van der Waals surface area contributed by atoms with Crippen LogP contribution in [0.15, 0.2) is 0 Å². The van der Waals surface area contributed by atoms with E-state index in [1.54, 1.807) is 0 Å². The van der Waals surface area contributed by atoms with E-state index in [9.17, 15) is 0 Å². The van der Waals surface area contributed by atoms with Gasteiger partial charge in [0.1, 0.15) is 0 Å². The Morgan fingerprint density at radius 2 is 2.17 bits per heavy atom. The molecule has 0 aliphatic carbocycles. The fourth-order valence-corrected chi connectivity index (χ4v) is 3.16. The molecule has 0 aromatic carbocycles. The van der Waals surface area contributed by atoms with Crippen LogP contribution in [0.2, 0.25) is 0 Å². The van der Waals surface area contributed by atoms with Crippen molar-refractivity contribution in [2.75, 3.05) is 20.2 Å². The second kappa shape index (κ2) is 4.96. The second-order valence-corrected chi connectivity index (χ2v) is 5.44. The topological polar surface area (TPSA) is 15.7 Å². The first-order valence-electron chi connectivity index (χ1n) is 4.85. The minimum Gasteiger partial charge on any atom is -0.351 e. The molecule has 0 N–H and O–H groups in total. The van der Waals surface area contributed by atoms with E-state index in [-0.39, 0.29) is 9.84 Å². The highest BCUT2D eigenvalue weighted by atomic mass is 28.2. The van der Waals surface area contributed by atoms with Gasteiger partial charge in [-0.2, -0.15) is 0 Å². The fourth-order valence-electron chi connectivity index (χ4n) is 1.53. The van der Waals surface area contributed by atoms with Gasteiger partial charge < -0.3 is 4.74 Å². The molecule has 0 saturated carbocycles. The van der Waals surface area contributed by atoms with Gasteiger partial charge in [-0.1, -0.05) is 13.3 Å². The molecule has 72 valence electrons. The van der Waals surface area contributed by atoms with Crippen molar-refractivity contribution in [1.29, 1.82) is 0 Å². The summed E-state index contributed by atoms with van der Waals surface area (Å²) < 4.78 is 10.5. The van der Waals surface area contributed by atoms with Crippen LogP contribution in [0, 0.1) is 0 Å². The smallest absolute Gasteiger partial charge is 0.179 e. The molecular formula is C8H20N2OSi. The zero-order valence-electron chi connectivity index (χ0n) is 8.42. The van der Waals surface area contributed by atoms with Crippen LogP contribution in [0.5, 0.6) is 0 Å². The van der Waals surface area contributed by atoms with E-state index in [0.717, 1.165) is 6.61 Å². The zero-order chi connectivity index (χ0) is 8.97. The molecule has 1 aliphatic rings. The number of unbranched alkanes of at least 4 members (excludes halogenated alkanes) is 1. The number of hydrogen-bond donors (Lipinski definition) is 0. The molecule has 1 unspecified atom stereocenters. The van der Waals surface area contributed by atoms with Crippen molar-refractivity contribution in [3.05, 3.63) is 0 Å². The fraction of sp³-hybridized carbons (Fsp3) is 1.00. The molecule has 0 amide bonds. The van der Waals surface area contributed by atoms with E-state index in [2.05, 4.69) is 30.0 Å². The summed E-state index contributed by atoms with van der Waals surface area (Å²) in [6.45, 7) is 6.36. The first kappa shape index (κ1) is 10.2. The lowest BCUT2D eigenvalue weighted by Crippen LogP contribution is -2.66. The maximum absolute atomic E-state index is 5.59. The molecule has 0 bridgehead atoms. The number of hydrogen-bond acceptors (Lipinski definition) is 3. The van der Waals surface area contributed by atoms with Crippen molar-refractivity contribution >= 4 is 9.84 Å². The molecule has 0 aromatic rings. The van der Waals surface area contributed by atoms with E-state index in [0.29, 0.717) is 6.35 Å². The van der Waals surface area contributed by atoms with Crippen molar-refractivity contribution < 1.29 is 4.74 Å². The predicted molar refractivity (Wildman–Crippen MR) is 53.3 cm³/mol. The third-order valence-electron chi connectivity index (χ3n) is 2.21. The summed E-state index contributed by atoms with van der Waals surface area (Å²) in [6.07, 6.45) is 2.91. The highest BCUT2D eigenvalue weighted by Crippen LogP contribution is 2.15. The highest BCUT2D eigenvalue weighted by Gasteiger charge is 2.33. The quantitative estimate of drug-likeness (QED) is 0.579. The van der Waals surface area contributed by atoms with Crippen molar-refractivity contribution in [3.63, 3.8) is 0 Å². The maximum Gasteiger partial charge on any atom is 0.179 e. The van der Waals surface area contributed by atoms with Gasteiger partial charge in [-0.05, 0) is 26.9 Å². The minimum atomic E-state index is -0.103. The Bertz CT molecular complexity index is 134. The van der Waals surface area contributed by atoms with Gasteiger partial charge in [0, 0.05) is 6.61 Å². The number of rotatable bonds is 5. The third kappa shape index (κ3) is 2.29. The van der Waals surface area contributed by atoms with Gasteiger partial charge in [-0.25, -0.2) is 0 Å². The zero-order valence-corrected chi connectivity index (χ0v) is 9.83. The normalized spacial score (nSPS) is 27.8. The summed E-state index contributed by atoms with van der Waals surface area (Å²) in [6, 6.07) is 0. The molecule has 1 fully saturated rings. The maximum atomic E-state index is 5.59. The first-order chi connectivity index (χ1) is 5.79. The summed E-state index contributed by atoms with van der Waals surface area (Å²) in [5.74, 6) is 0. The average molecular weight is 188 g/mol. The summed E-state index contributed by atoms with van der Waals surface area (Å²) in [5, 5.41) is 0. The molecule has 4 heteroatoms. The SMILES string of the molecule is CCCCN1[SiH2]N(C)C1OCC. The Kier molecular flexibility index (Phi) is 4.21. The van der Waals surface area contributed by atoms with Gasteiger partial charge in [-0.3, -0.25) is 9.13 Å². The number of ether oxygens (including phenoxy) is 1. The summed E-state index contributed by atoms with van der Waals surface area (Å²) in [5.41, 5.74) is 0. The predicted octanol–water partition coefficient (Wildman–Crippen LogP) is 0.353. The molecule has 0 aromatic heterocycles. The lowest BCUT2D eigenvalue weighted by Gasteiger charge is -2.48. The molecule has 0 radical (unpaired) electrons. The molecule has 12 heavy (non-hydrogen) atoms. The van der Waals surface area contributed by atoms with E-state index in [1.165, 1.54) is 19.4 Å². The molecule has 3 nitrogen and oxygen atoms in total. The van der Waals surface area contributed by atoms with Gasteiger partial charge in [-0.15, -0.1) is 0 Å². The van der Waals surface area contributed by atoms with Crippen molar-refractivity contribution in [1.82, 2.24) is 9.13 Å². The Labute approximate surface area is 77.7 Å². The molecule has 1 heterocycles. The largest absolute Gasteiger partial charge is 0.351 e.